The van der Waals surface area contributed by atoms with Crippen LogP contribution in [0.1, 0.15) is 18.4 Å². The predicted octanol–water partition coefficient (Wildman–Crippen LogP) is 3.43. The van der Waals surface area contributed by atoms with E-state index >= 15 is 0 Å². The number of hydrogen-bond acceptors (Lipinski definition) is 6. The van der Waals surface area contributed by atoms with Crippen LogP contribution in [-0.2, 0) is 26.0 Å². The number of sulfonamides is 1. The van der Waals surface area contributed by atoms with Gasteiger partial charge in [0.05, 0.1) is 20.4 Å². The van der Waals surface area contributed by atoms with E-state index in [1.54, 1.807) is 7.05 Å². The van der Waals surface area contributed by atoms with E-state index in [-0.39, 0.29) is 17.3 Å². The summed E-state index contributed by atoms with van der Waals surface area (Å²) in [5, 5.41) is 3.26. The molecule has 1 aromatic carbocycles. The van der Waals surface area contributed by atoms with E-state index in [1.807, 2.05) is 0 Å². The number of sulfone groups is 1. The Kier molecular flexibility index (Phi) is 5.51. The average molecular weight is 455 g/mol. The quantitative estimate of drug-likeness (QED) is 0.749. The minimum absolute atomic E-state index is 0.180. The molecule has 6 nitrogen and oxygen atoms in total. The first-order valence-corrected chi connectivity index (χ1v) is 12.0. The first-order chi connectivity index (χ1) is 13.0. The molecule has 1 aliphatic rings. The van der Waals surface area contributed by atoms with Gasteiger partial charge in [-0.1, -0.05) is 0 Å². The lowest BCUT2D eigenvalue weighted by molar-refractivity contribution is -0.137. The number of hydrogen-bond donors (Lipinski definition) is 1. The lowest BCUT2D eigenvalue weighted by Gasteiger charge is -2.18. The molecular formula is C16H17F3N2O4S3. The maximum atomic E-state index is 13.4. The Balaban J connectivity index is 2.18. The minimum atomic E-state index is -4.90. The topological polar surface area (TPSA) is 83.5 Å². The Hall–Kier alpha value is -1.63. The van der Waals surface area contributed by atoms with Gasteiger partial charge in [-0.05, 0) is 43.2 Å². The van der Waals surface area contributed by atoms with Crippen LogP contribution in [0, 0.1) is 0 Å². The Morgan fingerprint density at radius 3 is 2.14 bits per heavy atom. The lowest BCUT2D eigenvalue weighted by atomic mass is 10.2. The molecule has 28 heavy (non-hydrogen) atoms. The van der Waals surface area contributed by atoms with Crippen LogP contribution in [0.2, 0.25) is 0 Å². The van der Waals surface area contributed by atoms with Crippen LogP contribution in [0.15, 0.2) is 44.3 Å². The molecule has 1 saturated heterocycles. The van der Waals surface area contributed by atoms with E-state index in [2.05, 4.69) is 5.32 Å². The normalized spacial score (nSPS) is 16.4. The highest BCUT2D eigenvalue weighted by Crippen LogP contribution is 2.37. The van der Waals surface area contributed by atoms with Crippen molar-refractivity contribution < 1.29 is 30.0 Å². The number of halogens is 3. The van der Waals surface area contributed by atoms with Crippen molar-refractivity contribution in [1.29, 1.82) is 0 Å². The second-order valence-corrected chi connectivity index (χ2v) is 11.4. The summed E-state index contributed by atoms with van der Waals surface area (Å²) in [7, 11) is -6.97. The van der Waals surface area contributed by atoms with Gasteiger partial charge < -0.3 is 5.32 Å². The fourth-order valence-corrected chi connectivity index (χ4v) is 7.13. The summed E-state index contributed by atoms with van der Waals surface area (Å²) in [6.07, 6.45) is -3.69. The van der Waals surface area contributed by atoms with Crippen LogP contribution in [0.3, 0.4) is 0 Å². The highest BCUT2D eigenvalue weighted by molar-refractivity contribution is 7.93. The summed E-state index contributed by atoms with van der Waals surface area (Å²) >= 11 is 0.846. The Morgan fingerprint density at radius 2 is 1.61 bits per heavy atom. The third-order valence-corrected chi connectivity index (χ3v) is 9.52. The highest BCUT2D eigenvalue weighted by Gasteiger charge is 2.36. The number of benzene rings is 1. The van der Waals surface area contributed by atoms with Gasteiger partial charge in [0, 0.05) is 20.1 Å². The molecule has 1 aliphatic heterocycles. The van der Waals surface area contributed by atoms with E-state index in [0.29, 0.717) is 30.0 Å². The van der Waals surface area contributed by atoms with Crippen LogP contribution >= 0.6 is 11.3 Å². The third-order valence-electron chi connectivity index (χ3n) is 4.31. The van der Waals surface area contributed by atoms with E-state index in [4.69, 9.17) is 0 Å². The molecule has 0 radical (unpaired) electrons. The molecule has 1 fully saturated rings. The average Bonchev–Trinajstić information content (AvgIpc) is 3.32. The molecular weight excluding hydrogens is 437 g/mol. The smallest absolute Gasteiger partial charge is 0.380 e. The molecule has 0 spiro atoms. The Labute approximate surface area is 165 Å². The van der Waals surface area contributed by atoms with Gasteiger partial charge >= 0.3 is 6.18 Å². The van der Waals surface area contributed by atoms with Crippen molar-refractivity contribution in [2.24, 2.45) is 0 Å². The number of alkyl halides is 3. The number of nitrogens with one attached hydrogen (secondary N) is 1. The molecule has 3 rings (SSSR count). The monoisotopic (exact) mass is 454 g/mol. The Morgan fingerprint density at radius 1 is 1.00 bits per heavy atom. The molecule has 0 saturated carbocycles. The van der Waals surface area contributed by atoms with Crippen LogP contribution in [-0.4, -0.2) is 41.3 Å². The largest absolute Gasteiger partial charge is 0.416 e. The maximum absolute atomic E-state index is 13.4. The second kappa shape index (κ2) is 7.32. The third kappa shape index (κ3) is 3.91. The highest BCUT2D eigenvalue weighted by atomic mass is 32.2. The zero-order valence-corrected chi connectivity index (χ0v) is 17.1. The molecule has 1 aromatic heterocycles. The maximum Gasteiger partial charge on any atom is 0.416 e. The predicted molar refractivity (Wildman–Crippen MR) is 98.8 cm³/mol. The lowest BCUT2D eigenvalue weighted by Crippen LogP contribution is -2.28. The van der Waals surface area contributed by atoms with Gasteiger partial charge in [0.2, 0.25) is 19.9 Å². The van der Waals surface area contributed by atoms with Crippen molar-refractivity contribution in [2.45, 2.75) is 33.0 Å². The first-order valence-electron chi connectivity index (χ1n) is 8.21. The number of thiophene rings is 1. The van der Waals surface area contributed by atoms with Gasteiger partial charge in [-0.15, -0.1) is 11.3 Å². The van der Waals surface area contributed by atoms with Gasteiger partial charge in [0.15, 0.2) is 0 Å². The standard InChI is InChI=1S/C16H17F3N2O4S3/c1-20-14-4-5-15(26-14)27(22,23)12-8-11(16(17,18)19)9-13(10-12)28(24,25)21-6-2-3-7-21/h4-5,8-10,20H,2-3,6-7H2,1H3. The van der Waals surface area contributed by atoms with Crippen molar-refractivity contribution in [3.05, 3.63) is 35.9 Å². The second-order valence-electron chi connectivity index (χ2n) is 6.17. The molecule has 154 valence electrons. The van der Waals surface area contributed by atoms with Crippen LogP contribution < -0.4 is 5.32 Å². The fraction of sp³-hybridized carbons (Fsp3) is 0.375. The Bertz CT molecular complexity index is 1090. The van der Waals surface area contributed by atoms with Crippen molar-refractivity contribution in [3.8, 4) is 0 Å². The minimum Gasteiger partial charge on any atom is -0.380 e. The molecule has 1 N–H and O–H groups in total. The fourth-order valence-electron chi connectivity index (χ4n) is 2.83. The number of nitrogens with zero attached hydrogens (tertiary/aromatic N) is 1. The molecule has 0 unspecified atom stereocenters. The van der Waals surface area contributed by atoms with E-state index in [0.717, 1.165) is 21.7 Å². The summed E-state index contributed by atoms with van der Waals surface area (Å²) in [5.41, 5.74) is -1.32. The van der Waals surface area contributed by atoms with E-state index in [1.165, 1.54) is 12.1 Å². The SMILES string of the molecule is CNc1ccc(S(=O)(=O)c2cc(C(F)(F)F)cc(S(=O)(=O)N3CCCC3)c2)s1. The molecule has 2 heterocycles. The van der Waals surface area contributed by atoms with Crippen molar-refractivity contribution >= 4 is 36.2 Å². The van der Waals surface area contributed by atoms with Crippen molar-refractivity contribution in [1.82, 2.24) is 4.31 Å². The summed E-state index contributed by atoms with van der Waals surface area (Å²) in [5.74, 6) is 0. The summed E-state index contributed by atoms with van der Waals surface area (Å²) in [4.78, 5) is -1.38. The van der Waals surface area contributed by atoms with Crippen LogP contribution in [0.5, 0.6) is 0 Å². The van der Waals surface area contributed by atoms with Crippen LogP contribution in [0.25, 0.3) is 0 Å². The zero-order chi connectivity index (χ0) is 20.7. The van der Waals surface area contributed by atoms with Gasteiger partial charge in [0.1, 0.15) is 4.21 Å². The van der Waals surface area contributed by atoms with Gasteiger partial charge in [-0.3, -0.25) is 0 Å². The summed E-state index contributed by atoms with van der Waals surface area (Å²) in [6, 6.07) is 4.50. The molecule has 0 amide bonds. The number of rotatable bonds is 5. The zero-order valence-electron chi connectivity index (χ0n) is 14.7. The first kappa shape index (κ1) is 21.1. The van der Waals surface area contributed by atoms with Crippen molar-refractivity contribution in [2.75, 3.05) is 25.5 Å². The van der Waals surface area contributed by atoms with Gasteiger partial charge in [-0.25, -0.2) is 16.8 Å². The van der Waals surface area contributed by atoms with Crippen molar-refractivity contribution in [3.63, 3.8) is 0 Å². The number of anilines is 1. The van der Waals surface area contributed by atoms with Gasteiger partial charge in [0.25, 0.3) is 0 Å². The summed E-state index contributed by atoms with van der Waals surface area (Å²) in [6.45, 7) is 0.383. The summed E-state index contributed by atoms with van der Waals surface area (Å²) < 4.78 is 92.1. The van der Waals surface area contributed by atoms with Gasteiger partial charge in [-0.2, -0.15) is 17.5 Å². The molecule has 12 heteroatoms. The van der Waals surface area contributed by atoms with E-state index in [9.17, 15) is 30.0 Å². The molecule has 0 bridgehead atoms. The molecule has 0 aliphatic carbocycles. The molecule has 2 aromatic rings. The van der Waals surface area contributed by atoms with Crippen LogP contribution in [0.4, 0.5) is 18.2 Å². The van der Waals surface area contributed by atoms with E-state index < -0.39 is 41.4 Å². The molecule has 0 atom stereocenters.